The van der Waals surface area contributed by atoms with Crippen molar-refractivity contribution in [3.63, 3.8) is 0 Å². The molecule has 2 N–H and O–H groups in total. The second-order valence-electron chi connectivity index (χ2n) is 6.01. The molecular weight excluding hydrogens is 347 g/mol. The monoisotopic (exact) mass is 372 g/mol. The molecule has 1 aromatic carbocycles. The van der Waals surface area contributed by atoms with Crippen molar-refractivity contribution in [1.29, 1.82) is 0 Å². The molecule has 1 saturated heterocycles. The van der Waals surface area contributed by atoms with E-state index in [2.05, 4.69) is 33.2 Å². The number of nitrogens with zero attached hydrogens (tertiary/aromatic N) is 2. The summed E-state index contributed by atoms with van der Waals surface area (Å²) in [6, 6.07) is 5.92. The Bertz CT molecular complexity index is 681. The Morgan fingerprint density at radius 3 is 2.83 bits per heavy atom. The number of aryl methyl sites for hydroxylation is 2. The lowest BCUT2D eigenvalue weighted by Crippen LogP contribution is -2.43. The molecule has 0 bridgehead atoms. The third kappa shape index (κ3) is 4.41. The van der Waals surface area contributed by atoms with Crippen LogP contribution in [0.25, 0.3) is 11.0 Å². The fourth-order valence-electron chi connectivity index (χ4n) is 3.14. The minimum atomic E-state index is -0.0659. The maximum atomic E-state index is 12.3. The van der Waals surface area contributed by atoms with Crippen molar-refractivity contribution in [2.45, 2.75) is 52.1 Å². The number of anilines is 1. The molecule has 24 heavy (non-hydrogen) atoms. The van der Waals surface area contributed by atoms with Crippen LogP contribution in [0, 0.1) is 6.92 Å². The molecule has 0 spiro atoms. The van der Waals surface area contributed by atoms with Gasteiger partial charge in [-0.05, 0) is 50.9 Å². The van der Waals surface area contributed by atoms with Crippen LogP contribution < -0.4 is 10.6 Å². The highest BCUT2D eigenvalue weighted by Gasteiger charge is 2.20. The van der Waals surface area contributed by atoms with E-state index in [0.29, 0.717) is 0 Å². The van der Waals surface area contributed by atoms with Crippen molar-refractivity contribution >= 4 is 47.4 Å². The van der Waals surface area contributed by atoms with Crippen molar-refractivity contribution in [3.05, 3.63) is 24.0 Å². The first-order valence-corrected chi connectivity index (χ1v) is 8.20. The van der Waals surface area contributed by atoms with Crippen LogP contribution in [0.5, 0.6) is 0 Å². The normalized spacial score (nSPS) is 17.0. The van der Waals surface area contributed by atoms with Gasteiger partial charge in [0.2, 0.25) is 5.91 Å². The van der Waals surface area contributed by atoms with Gasteiger partial charge in [0.05, 0.1) is 17.1 Å². The van der Waals surface area contributed by atoms with E-state index in [0.717, 1.165) is 61.3 Å². The lowest BCUT2D eigenvalue weighted by atomic mass is 10.0. The molecule has 0 radical (unpaired) electrons. The number of carbonyl (C=O) groups excluding carboxylic acids is 1. The minimum Gasteiger partial charge on any atom is -0.328 e. The summed E-state index contributed by atoms with van der Waals surface area (Å²) < 4.78 is 2.23. The maximum absolute atomic E-state index is 12.3. The number of nitrogens with one attached hydrogen (secondary N) is 2. The predicted octanol–water partition coefficient (Wildman–Crippen LogP) is 3.68. The smallest absolute Gasteiger partial charge is 0.241 e. The van der Waals surface area contributed by atoms with Crippen LogP contribution in [0.15, 0.2) is 18.2 Å². The zero-order chi connectivity index (χ0) is 15.5. The van der Waals surface area contributed by atoms with Gasteiger partial charge in [0.1, 0.15) is 5.82 Å². The number of piperidine rings is 1. The maximum Gasteiger partial charge on any atom is 0.241 e. The first kappa shape index (κ1) is 20.7. The minimum absolute atomic E-state index is 0. The number of rotatable bonds is 4. The molecule has 1 amide bonds. The van der Waals surface area contributed by atoms with Crippen LogP contribution in [0.1, 0.15) is 38.4 Å². The molecule has 0 aliphatic carbocycles. The van der Waals surface area contributed by atoms with Gasteiger partial charge in [-0.15, -0.1) is 24.8 Å². The number of hydrogen-bond acceptors (Lipinski definition) is 3. The SMILES string of the molecule is CCCn1c(C)nc2cc(NC(=O)[C@@H]3CCCCN3)ccc21.Cl.Cl. The highest BCUT2D eigenvalue weighted by atomic mass is 35.5. The number of halogens is 2. The Morgan fingerprint density at radius 2 is 2.17 bits per heavy atom. The van der Waals surface area contributed by atoms with Crippen LogP contribution in [0.4, 0.5) is 5.69 Å². The van der Waals surface area contributed by atoms with E-state index in [1.807, 2.05) is 19.1 Å². The third-order valence-corrected chi connectivity index (χ3v) is 4.28. The quantitative estimate of drug-likeness (QED) is 0.860. The van der Waals surface area contributed by atoms with Crippen molar-refractivity contribution < 1.29 is 4.79 Å². The van der Waals surface area contributed by atoms with E-state index in [1.165, 1.54) is 0 Å². The van der Waals surface area contributed by atoms with Crippen molar-refractivity contribution in [1.82, 2.24) is 14.9 Å². The number of benzene rings is 1. The zero-order valence-corrected chi connectivity index (χ0v) is 15.8. The van der Waals surface area contributed by atoms with E-state index in [4.69, 9.17) is 0 Å². The predicted molar refractivity (Wildman–Crippen MR) is 104 cm³/mol. The van der Waals surface area contributed by atoms with Crippen LogP contribution >= 0.6 is 24.8 Å². The summed E-state index contributed by atoms with van der Waals surface area (Å²) in [4.78, 5) is 16.9. The Morgan fingerprint density at radius 1 is 1.38 bits per heavy atom. The first-order valence-electron chi connectivity index (χ1n) is 8.20. The lowest BCUT2D eigenvalue weighted by Gasteiger charge is -2.22. The fraction of sp³-hybridized carbons (Fsp3) is 0.529. The van der Waals surface area contributed by atoms with Gasteiger partial charge in [-0.3, -0.25) is 4.79 Å². The molecule has 1 aliphatic heterocycles. The van der Waals surface area contributed by atoms with Crippen LogP contribution in [-0.4, -0.2) is 28.0 Å². The van der Waals surface area contributed by atoms with Gasteiger partial charge in [-0.2, -0.15) is 0 Å². The second-order valence-corrected chi connectivity index (χ2v) is 6.01. The average molecular weight is 373 g/mol. The Hall–Kier alpha value is -1.30. The Labute approximate surface area is 155 Å². The molecule has 0 saturated carbocycles. The number of carbonyl (C=O) groups is 1. The Kier molecular flexibility index (Phi) is 8.00. The van der Waals surface area contributed by atoms with E-state index >= 15 is 0 Å². The third-order valence-electron chi connectivity index (χ3n) is 4.28. The van der Waals surface area contributed by atoms with Gasteiger partial charge in [-0.1, -0.05) is 13.3 Å². The van der Waals surface area contributed by atoms with Gasteiger partial charge < -0.3 is 15.2 Å². The summed E-state index contributed by atoms with van der Waals surface area (Å²) in [6.45, 7) is 6.09. The molecule has 7 heteroatoms. The first-order chi connectivity index (χ1) is 10.7. The van der Waals surface area contributed by atoms with Crippen molar-refractivity contribution in [3.8, 4) is 0 Å². The summed E-state index contributed by atoms with van der Waals surface area (Å²) >= 11 is 0. The summed E-state index contributed by atoms with van der Waals surface area (Å²) in [6.07, 6.45) is 4.27. The average Bonchev–Trinajstić information content (AvgIpc) is 2.84. The highest BCUT2D eigenvalue weighted by Crippen LogP contribution is 2.21. The molecule has 1 aliphatic rings. The molecule has 1 aromatic heterocycles. The molecule has 0 unspecified atom stereocenters. The molecule has 5 nitrogen and oxygen atoms in total. The van der Waals surface area contributed by atoms with E-state index in [1.54, 1.807) is 0 Å². The topological polar surface area (TPSA) is 59.0 Å². The molecular formula is C17H26Cl2N4O. The molecule has 3 rings (SSSR count). The van der Waals surface area contributed by atoms with Crippen LogP contribution in [0.3, 0.4) is 0 Å². The molecule has 1 atom stereocenters. The molecule has 2 aromatic rings. The lowest BCUT2D eigenvalue weighted by molar-refractivity contribution is -0.118. The van der Waals surface area contributed by atoms with Gasteiger partial charge in [0, 0.05) is 12.2 Å². The van der Waals surface area contributed by atoms with Crippen molar-refractivity contribution in [2.24, 2.45) is 0 Å². The van der Waals surface area contributed by atoms with Crippen LogP contribution in [0.2, 0.25) is 0 Å². The largest absolute Gasteiger partial charge is 0.328 e. The zero-order valence-electron chi connectivity index (χ0n) is 14.2. The van der Waals surface area contributed by atoms with Crippen LogP contribution in [-0.2, 0) is 11.3 Å². The van der Waals surface area contributed by atoms with Gasteiger partial charge in [0.15, 0.2) is 0 Å². The number of amides is 1. The van der Waals surface area contributed by atoms with Gasteiger partial charge >= 0.3 is 0 Å². The van der Waals surface area contributed by atoms with E-state index in [9.17, 15) is 4.79 Å². The van der Waals surface area contributed by atoms with E-state index in [-0.39, 0.29) is 36.8 Å². The molecule has 134 valence electrons. The number of fused-ring (bicyclic) bond motifs is 1. The standard InChI is InChI=1S/C17H24N4O.2ClH/c1-3-10-21-12(2)19-15-11-13(7-8-16(15)21)20-17(22)14-6-4-5-9-18-14;;/h7-8,11,14,18H,3-6,9-10H2,1-2H3,(H,20,22);2*1H/t14-;;/m0../s1. The number of imidazole rings is 1. The summed E-state index contributed by atoms with van der Waals surface area (Å²) in [5.41, 5.74) is 2.90. The fourth-order valence-corrected chi connectivity index (χ4v) is 3.14. The highest BCUT2D eigenvalue weighted by molar-refractivity contribution is 5.96. The summed E-state index contributed by atoms with van der Waals surface area (Å²) in [7, 11) is 0. The van der Waals surface area contributed by atoms with E-state index < -0.39 is 0 Å². The second kappa shape index (κ2) is 9.25. The molecule has 2 heterocycles. The number of hydrogen-bond donors (Lipinski definition) is 2. The van der Waals surface area contributed by atoms with Gasteiger partial charge in [0.25, 0.3) is 0 Å². The summed E-state index contributed by atoms with van der Waals surface area (Å²) in [5.74, 6) is 1.08. The Balaban J connectivity index is 0.00000144. The number of aromatic nitrogens is 2. The van der Waals surface area contributed by atoms with Gasteiger partial charge in [-0.25, -0.2) is 4.98 Å². The summed E-state index contributed by atoms with van der Waals surface area (Å²) in [5, 5.41) is 6.29. The van der Waals surface area contributed by atoms with Crippen molar-refractivity contribution in [2.75, 3.05) is 11.9 Å². The molecule has 1 fully saturated rings.